The van der Waals surface area contributed by atoms with Crippen LogP contribution in [0, 0.1) is 0 Å². The monoisotopic (exact) mass is 486 g/mol. The predicted molar refractivity (Wildman–Crippen MR) is 131 cm³/mol. The Labute approximate surface area is 202 Å². The van der Waals surface area contributed by atoms with E-state index in [2.05, 4.69) is 10.3 Å². The largest absolute Gasteiger partial charge is 0.363 e. The van der Waals surface area contributed by atoms with Crippen LogP contribution < -0.4 is 10.2 Å². The van der Waals surface area contributed by atoms with E-state index in [9.17, 15) is 14.4 Å². The standard InChI is InChI=1S/C24H24Cl2N4O3/c1-15-12-27-23(28-13-15)21(31)11-22(32)30(14-16-7-8-19(25)20(26)9-16)18-6-4-5-17(10-18)24(33)29(2)3/h4-10,12-13,23,27H,11,14H2,1-3H3. The minimum atomic E-state index is -0.814. The highest BCUT2D eigenvalue weighted by Crippen LogP contribution is 2.26. The van der Waals surface area contributed by atoms with E-state index in [0.717, 1.165) is 11.1 Å². The highest BCUT2D eigenvalue weighted by Gasteiger charge is 2.25. The Hall–Kier alpha value is -3.16. The Balaban J connectivity index is 1.89. The lowest BCUT2D eigenvalue weighted by Crippen LogP contribution is -2.39. The molecule has 0 aliphatic carbocycles. The van der Waals surface area contributed by atoms with Gasteiger partial charge >= 0.3 is 0 Å². The normalized spacial score (nSPS) is 14.8. The van der Waals surface area contributed by atoms with Gasteiger partial charge in [0, 0.05) is 37.8 Å². The number of Topliss-reactive ketones (excluding diaryl/α,β-unsaturated/α-hetero) is 1. The zero-order chi connectivity index (χ0) is 24.1. The van der Waals surface area contributed by atoms with E-state index in [1.807, 2.05) is 6.92 Å². The molecule has 1 N–H and O–H groups in total. The van der Waals surface area contributed by atoms with Crippen molar-refractivity contribution in [2.24, 2.45) is 4.99 Å². The Morgan fingerprint density at radius 2 is 1.82 bits per heavy atom. The topological polar surface area (TPSA) is 82.1 Å². The molecule has 1 atom stereocenters. The summed E-state index contributed by atoms with van der Waals surface area (Å²) in [5.41, 5.74) is 2.52. The number of nitrogens with zero attached hydrogens (tertiary/aromatic N) is 3. The summed E-state index contributed by atoms with van der Waals surface area (Å²) < 4.78 is 0. The van der Waals surface area contributed by atoms with Gasteiger partial charge in [0.2, 0.25) is 5.91 Å². The maximum absolute atomic E-state index is 13.3. The second-order valence-electron chi connectivity index (χ2n) is 7.86. The van der Waals surface area contributed by atoms with Crippen molar-refractivity contribution in [2.45, 2.75) is 26.1 Å². The molecule has 1 aliphatic heterocycles. The highest BCUT2D eigenvalue weighted by atomic mass is 35.5. The van der Waals surface area contributed by atoms with E-state index in [1.54, 1.807) is 69.0 Å². The molecule has 3 rings (SSSR count). The molecule has 0 fully saturated rings. The third-order valence-electron chi connectivity index (χ3n) is 4.96. The summed E-state index contributed by atoms with van der Waals surface area (Å²) >= 11 is 12.2. The van der Waals surface area contributed by atoms with Crippen molar-refractivity contribution < 1.29 is 14.4 Å². The zero-order valence-corrected chi connectivity index (χ0v) is 20.0. The first-order chi connectivity index (χ1) is 15.7. The Kier molecular flexibility index (Phi) is 7.89. The van der Waals surface area contributed by atoms with Crippen molar-refractivity contribution in [1.82, 2.24) is 10.2 Å². The molecule has 1 heterocycles. The Morgan fingerprint density at radius 1 is 1.06 bits per heavy atom. The lowest BCUT2D eigenvalue weighted by atomic mass is 10.1. The van der Waals surface area contributed by atoms with Crippen molar-refractivity contribution in [3.8, 4) is 0 Å². The minimum absolute atomic E-state index is 0.142. The molecule has 2 amide bonds. The van der Waals surface area contributed by atoms with Crippen molar-refractivity contribution in [3.63, 3.8) is 0 Å². The number of ketones is 1. The van der Waals surface area contributed by atoms with E-state index in [1.165, 1.54) is 9.80 Å². The summed E-state index contributed by atoms with van der Waals surface area (Å²) in [5, 5.41) is 3.65. The molecule has 1 unspecified atom stereocenters. The number of amides is 2. The maximum Gasteiger partial charge on any atom is 0.253 e. The fraction of sp³-hybridized carbons (Fsp3) is 0.250. The van der Waals surface area contributed by atoms with Crippen LogP contribution in [0.1, 0.15) is 29.3 Å². The number of rotatable bonds is 7. The van der Waals surface area contributed by atoms with Crippen LogP contribution >= 0.6 is 23.2 Å². The molecule has 172 valence electrons. The third kappa shape index (κ3) is 6.21. The number of allylic oxidation sites excluding steroid dienone is 1. The number of hydrogen-bond donors (Lipinski definition) is 1. The molecule has 0 bridgehead atoms. The van der Waals surface area contributed by atoms with Gasteiger partial charge in [-0.15, -0.1) is 0 Å². The van der Waals surface area contributed by atoms with Gasteiger partial charge in [0.15, 0.2) is 11.9 Å². The van der Waals surface area contributed by atoms with Crippen LogP contribution in [0.2, 0.25) is 10.0 Å². The van der Waals surface area contributed by atoms with E-state index in [0.29, 0.717) is 21.3 Å². The number of anilines is 1. The SMILES string of the molecule is CC1=CNC(C(=O)CC(=O)N(Cc2ccc(Cl)c(Cl)c2)c2cccc(C(=O)N(C)C)c2)N=C1. The number of carbonyl (C=O) groups excluding carboxylic acids is 3. The van der Waals surface area contributed by atoms with E-state index < -0.39 is 12.1 Å². The van der Waals surface area contributed by atoms with E-state index in [4.69, 9.17) is 23.2 Å². The smallest absolute Gasteiger partial charge is 0.253 e. The lowest BCUT2D eigenvalue weighted by Gasteiger charge is -2.25. The van der Waals surface area contributed by atoms with Crippen LogP contribution in [0.4, 0.5) is 5.69 Å². The van der Waals surface area contributed by atoms with Gasteiger partial charge < -0.3 is 15.1 Å². The fourth-order valence-electron chi connectivity index (χ4n) is 3.21. The average Bonchev–Trinajstić information content (AvgIpc) is 2.79. The number of hydrogen-bond acceptors (Lipinski definition) is 5. The minimum Gasteiger partial charge on any atom is -0.363 e. The predicted octanol–water partition coefficient (Wildman–Crippen LogP) is 4.09. The number of benzene rings is 2. The number of aliphatic imine (C=N–C) groups is 1. The molecule has 0 spiro atoms. The van der Waals surface area contributed by atoms with Gasteiger partial charge in [-0.3, -0.25) is 19.4 Å². The maximum atomic E-state index is 13.3. The molecule has 2 aromatic rings. The second-order valence-corrected chi connectivity index (χ2v) is 8.67. The number of carbonyl (C=O) groups is 3. The van der Waals surface area contributed by atoms with E-state index >= 15 is 0 Å². The van der Waals surface area contributed by atoms with Crippen LogP contribution in [0.25, 0.3) is 0 Å². The van der Waals surface area contributed by atoms with Crippen LogP contribution in [-0.2, 0) is 16.1 Å². The molecule has 7 nitrogen and oxygen atoms in total. The summed E-state index contributed by atoms with van der Waals surface area (Å²) in [6.45, 7) is 1.99. The highest BCUT2D eigenvalue weighted by molar-refractivity contribution is 6.42. The molecular weight excluding hydrogens is 463 g/mol. The zero-order valence-electron chi connectivity index (χ0n) is 18.5. The van der Waals surface area contributed by atoms with Gasteiger partial charge in [0.25, 0.3) is 5.91 Å². The fourth-order valence-corrected chi connectivity index (χ4v) is 3.53. The molecule has 2 aromatic carbocycles. The van der Waals surface area contributed by atoms with Gasteiger partial charge in [-0.1, -0.05) is 35.3 Å². The van der Waals surface area contributed by atoms with Crippen LogP contribution in [-0.4, -0.2) is 49.0 Å². The van der Waals surface area contributed by atoms with Gasteiger partial charge in [-0.05, 0) is 48.4 Å². The third-order valence-corrected chi connectivity index (χ3v) is 5.70. The Morgan fingerprint density at radius 3 is 2.45 bits per heavy atom. The summed E-state index contributed by atoms with van der Waals surface area (Å²) in [4.78, 5) is 45.5. The lowest BCUT2D eigenvalue weighted by molar-refractivity contribution is -0.127. The first kappa shape index (κ1) is 24.5. The molecule has 0 radical (unpaired) electrons. The first-order valence-corrected chi connectivity index (χ1v) is 11.0. The number of halogens is 2. The summed E-state index contributed by atoms with van der Waals surface area (Å²) in [6.07, 6.45) is 2.10. The first-order valence-electron chi connectivity index (χ1n) is 10.2. The van der Waals surface area contributed by atoms with Crippen LogP contribution in [0.3, 0.4) is 0 Å². The molecule has 0 aromatic heterocycles. The molecule has 1 aliphatic rings. The molecule has 0 saturated carbocycles. The van der Waals surface area contributed by atoms with E-state index in [-0.39, 0.29) is 24.7 Å². The van der Waals surface area contributed by atoms with Crippen LogP contribution in [0.15, 0.2) is 59.2 Å². The summed E-state index contributed by atoms with van der Waals surface area (Å²) in [6, 6.07) is 11.8. The quantitative estimate of drug-likeness (QED) is 0.597. The Bertz CT molecular complexity index is 1140. The summed E-state index contributed by atoms with van der Waals surface area (Å²) in [5.74, 6) is -0.985. The second kappa shape index (κ2) is 10.6. The van der Waals surface area contributed by atoms with Crippen molar-refractivity contribution in [3.05, 3.63) is 75.4 Å². The number of nitrogens with one attached hydrogen (secondary N) is 1. The van der Waals surface area contributed by atoms with Crippen LogP contribution in [0.5, 0.6) is 0 Å². The van der Waals surface area contributed by atoms with Crippen molar-refractivity contribution in [2.75, 3.05) is 19.0 Å². The molecule has 0 saturated heterocycles. The van der Waals surface area contributed by atoms with Gasteiger partial charge in [0.05, 0.1) is 23.0 Å². The van der Waals surface area contributed by atoms with Gasteiger partial charge in [-0.2, -0.15) is 0 Å². The summed E-state index contributed by atoms with van der Waals surface area (Å²) in [7, 11) is 3.31. The molecular formula is C24H24Cl2N4O3. The van der Waals surface area contributed by atoms with Crippen molar-refractivity contribution >= 4 is 52.7 Å². The molecule has 33 heavy (non-hydrogen) atoms. The van der Waals surface area contributed by atoms with Gasteiger partial charge in [0.1, 0.15) is 0 Å². The van der Waals surface area contributed by atoms with Gasteiger partial charge in [-0.25, -0.2) is 0 Å². The average molecular weight is 487 g/mol. The molecule has 9 heteroatoms. The van der Waals surface area contributed by atoms with Crippen molar-refractivity contribution in [1.29, 1.82) is 0 Å².